The highest BCUT2D eigenvalue weighted by Crippen LogP contribution is 2.46. The van der Waals surface area contributed by atoms with Crippen molar-refractivity contribution in [2.45, 2.75) is 38.0 Å². The zero-order chi connectivity index (χ0) is 22.3. The number of alkyl halides is 2. The van der Waals surface area contributed by atoms with Gasteiger partial charge in [0.2, 0.25) is 5.91 Å². The Hall–Kier alpha value is -2.68. The molecule has 4 rings (SSSR count). The van der Waals surface area contributed by atoms with Gasteiger partial charge in [-0.3, -0.25) is 9.89 Å². The summed E-state index contributed by atoms with van der Waals surface area (Å²) in [6, 6.07) is 5.66. The molecule has 0 saturated carbocycles. The second-order valence-corrected chi connectivity index (χ2v) is 8.45. The molecular formula is C21H23ClF2N4O3. The van der Waals surface area contributed by atoms with E-state index in [9.17, 15) is 23.5 Å². The summed E-state index contributed by atoms with van der Waals surface area (Å²) in [5.41, 5.74) is 1.87. The number of carboxylic acids is 1. The van der Waals surface area contributed by atoms with Gasteiger partial charge < -0.3 is 14.9 Å². The van der Waals surface area contributed by atoms with Crippen LogP contribution < -0.4 is 4.90 Å². The highest BCUT2D eigenvalue weighted by atomic mass is 35.5. The van der Waals surface area contributed by atoms with E-state index in [1.807, 2.05) is 25.1 Å². The number of amides is 1. The second-order valence-electron chi connectivity index (χ2n) is 8.04. The molecule has 1 amide bonds. The predicted molar refractivity (Wildman–Crippen MR) is 111 cm³/mol. The number of H-pyrrole nitrogens is 1. The first kappa shape index (κ1) is 21.5. The maximum Gasteiger partial charge on any atom is 0.356 e. The molecule has 1 aliphatic heterocycles. The quantitative estimate of drug-likeness (QED) is 0.741. The number of nitrogens with zero attached hydrogens (tertiary/aromatic N) is 3. The van der Waals surface area contributed by atoms with Gasteiger partial charge in [0, 0.05) is 61.0 Å². The SMILES string of the molecule is Cc1c(Cl)cccc1N1CCN(C(=O)CC2c3c(C(=O)O)n[nH]c3CCC2(F)F)CC1. The number of aromatic nitrogens is 2. The Morgan fingerprint density at radius 3 is 2.68 bits per heavy atom. The lowest BCUT2D eigenvalue weighted by Gasteiger charge is -2.38. The van der Waals surface area contributed by atoms with E-state index in [-0.39, 0.29) is 12.0 Å². The van der Waals surface area contributed by atoms with Crippen LogP contribution in [0.15, 0.2) is 18.2 Å². The largest absolute Gasteiger partial charge is 0.476 e. The van der Waals surface area contributed by atoms with Gasteiger partial charge in [0.05, 0.1) is 5.92 Å². The van der Waals surface area contributed by atoms with Crippen LogP contribution in [0.3, 0.4) is 0 Å². The Morgan fingerprint density at radius 1 is 1.29 bits per heavy atom. The summed E-state index contributed by atoms with van der Waals surface area (Å²) in [7, 11) is 0. The van der Waals surface area contributed by atoms with E-state index in [0.29, 0.717) is 36.9 Å². The van der Waals surface area contributed by atoms with Crippen LogP contribution in [-0.4, -0.2) is 64.2 Å². The van der Waals surface area contributed by atoms with E-state index in [4.69, 9.17) is 11.6 Å². The molecule has 2 N–H and O–H groups in total. The van der Waals surface area contributed by atoms with Gasteiger partial charge in [-0.05, 0) is 31.0 Å². The molecule has 10 heteroatoms. The van der Waals surface area contributed by atoms with Crippen LogP contribution in [0, 0.1) is 6.92 Å². The zero-order valence-electron chi connectivity index (χ0n) is 17.0. The van der Waals surface area contributed by atoms with Crippen LogP contribution in [0.4, 0.5) is 14.5 Å². The van der Waals surface area contributed by atoms with E-state index in [0.717, 1.165) is 11.3 Å². The fourth-order valence-corrected chi connectivity index (χ4v) is 4.65. The van der Waals surface area contributed by atoms with Crippen molar-refractivity contribution in [1.82, 2.24) is 15.1 Å². The minimum Gasteiger partial charge on any atom is -0.476 e. The van der Waals surface area contributed by atoms with Crippen LogP contribution >= 0.6 is 11.6 Å². The van der Waals surface area contributed by atoms with Crippen molar-refractivity contribution < 1.29 is 23.5 Å². The smallest absolute Gasteiger partial charge is 0.356 e. The van der Waals surface area contributed by atoms with E-state index < -0.39 is 42.3 Å². The number of carbonyl (C=O) groups excluding carboxylic acids is 1. The number of aromatic amines is 1. The third kappa shape index (κ3) is 3.98. The van der Waals surface area contributed by atoms with Gasteiger partial charge in [-0.1, -0.05) is 17.7 Å². The first-order valence-corrected chi connectivity index (χ1v) is 10.5. The van der Waals surface area contributed by atoms with Crippen molar-refractivity contribution >= 4 is 29.2 Å². The number of hydrogen-bond donors (Lipinski definition) is 2. The molecule has 2 aliphatic rings. The number of fused-ring (bicyclic) bond motifs is 1. The molecule has 1 aromatic heterocycles. The van der Waals surface area contributed by atoms with Crippen molar-refractivity contribution in [2.75, 3.05) is 31.1 Å². The molecule has 0 spiro atoms. The molecule has 1 aromatic carbocycles. The third-order valence-corrected chi connectivity index (χ3v) is 6.65. The number of aryl methyl sites for hydroxylation is 1. The van der Waals surface area contributed by atoms with Gasteiger partial charge in [-0.15, -0.1) is 0 Å². The molecule has 31 heavy (non-hydrogen) atoms. The number of rotatable bonds is 4. The summed E-state index contributed by atoms with van der Waals surface area (Å²) < 4.78 is 29.5. The molecule has 0 radical (unpaired) electrons. The highest BCUT2D eigenvalue weighted by molar-refractivity contribution is 6.31. The van der Waals surface area contributed by atoms with Gasteiger partial charge in [-0.25, -0.2) is 13.6 Å². The van der Waals surface area contributed by atoms with E-state index in [2.05, 4.69) is 15.1 Å². The van der Waals surface area contributed by atoms with Crippen molar-refractivity contribution in [3.63, 3.8) is 0 Å². The van der Waals surface area contributed by atoms with Crippen molar-refractivity contribution in [2.24, 2.45) is 0 Å². The fourth-order valence-electron chi connectivity index (χ4n) is 4.48. The summed E-state index contributed by atoms with van der Waals surface area (Å²) in [6.07, 6.45) is -0.887. The minimum atomic E-state index is -3.17. The lowest BCUT2D eigenvalue weighted by molar-refractivity contribution is -0.135. The molecule has 2 heterocycles. The van der Waals surface area contributed by atoms with Crippen molar-refractivity contribution in [3.8, 4) is 0 Å². The number of carboxylic acid groups (broad SMARTS) is 1. The second kappa shape index (κ2) is 8.11. The molecule has 1 aliphatic carbocycles. The fraction of sp³-hybridized carbons (Fsp3) is 0.476. The van der Waals surface area contributed by atoms with Gasteiger partial charge in [0.1, 0.15) is 0 Å². The molecule has 1 fully saturated rings. The average Bonchev–Trinajstić information content (AvgIpc) is 3.16. The number of benzene rings is 1. The Kier molecular flexibility index (Phi) is 5.63. The minimum absolute atomic E-state index is 0.00493. The van der Waals surface area contributed by atoms with E-state index in [1.54, 1.807) is 4.90 Å². The van der Waals surface area contributed by atoms with Crippen molar-refractivity contribution in [3.05, 3.63) is 45.7 Å². The molecule has 166 valence electrons. The van der Waals surface area contributed by atoms with Crippen LogP contribution in [0.5, 0.6) is 0 Å². The standard InChI is InChI=1S/C21H23ClF2N4O3/c1-12-14(22)3-2-4-16(12)27-7-9-28(10-8-27)17(29)11-13-18-15(5-6-21(13,23)24)25-26-19(18)20(30)31/h2-4,13H,5-11H2,1H3,(H,25,26)(H,30,31). The Labute approximate surface area is 183 Å². The number of carbonyl (C=O) groups is 2. The van der Waals surface area contributed by atoms with Crippen LogP contribution in [0.25, 0.3) is 0 Å². The number of aromatic carboxylic acids is 1. The molecule has 1 saturated heterocycles. The average molecular weight is 453 g/mol. The summed E-state index contributed by atoms with van der Waals surface area (Å²) in [5, 5.41) is 16.3. The van der Waals surface area contributed by atoms with Gasteiger partial charge in [0.15, 0.2) is 5.69 Å². The van der Waals surface area contributed by atoms with Crippen LogP contribution in [0.2, 0.25) is 5.02 Å². The number of halogens is 3. The number of anilines is 1. The maximum atomic E-state index is 14.7. The highest BCUT2D eigenvalue weighted by Gasteiger charge is 2.48. The summed E-state index contributed by atoms with van der Waals surface area (Å²) in [4.78, 5) is 28.1. The number of hydrogen-bond acceptors (Lipinski definition) is 4. The van der Waals surface area contributed by atoms with Gasteiger partial charge in [-0.2, -0.15) is 5.10 Å². The number of piperazine rings is 1. The lowest BCUT2D eigenvalue weighted by Crippen LogP contribution is -2.50. The van der Waals surface area contributed by atoms with Crippen LogP contribution in [0.1, 0.15) is 46.1 Å². The summed E-state index contributed by atoms with van der Waals surface area (Å²) >= 11 is 6.20. The molecule has 1 unspecified atom stereocenters. The molecule has 2 aromatic rings. The van der Waals surface area contributed by atoms with E-state index in [1.165, 1.54) is 0 Å². The molecule has 1 atom stereocenters. The first-order chi connectivity index (χ1) is 14.7. The normalized spacial score (nSPS) is 20.5. The monoisotopic (exact) mass is 452 g/mol. The van der Waals surface area contributed by atoms with Gasteiger partial charge >= 0.3 is 5.97 Å². The maximum absolute atomic E-state index is 14.7. The topological polar surface area (TPSA) is 89.5 Å². The molecule has 7 nitrogen and oxygen atoms in total. The van der Waals surface area contributed by atoms with Gasteiger partial charge in [0.25, 0.3) is 5.92 Å². The summed E-state index contributed by atoms with van der Waals surface area (Å²) in [6.45, 7) is 3.85. The Balaban J connectivity index is 1.48. The van der Waals surface area contributed by atoms with Crippen LogP contribution in [-0.2, 0) is 11.2 Å². The first-order valence-electron chi connectivity index (χ1n) is 10.1. The number of nitrogens with one attached hydrogen (secondary N) is 1. The van der Waals surface area contributed by atoms with Crippen molar-refractivity contribution in [1.29, 1.82) is 0 Å². The summed E-state index contributed by atoms with van der Waals surface area (Å²) in [5.74, 6) is -6.45. The molecule has 0 bridgehead atoms. The Bertz CT molecular complexity index is 1020. The Morgan fingerprint density at radius 2 is 2.00 bits per heavy atom. The lowest BCUT2D eigenvalue weighted by atomic mass is 9.79. The predicted octanol–water partition coefficient (Wildman–Crippen LogP) is 3.47. The zero-order valence-corrected chi connectivity index (χ0v) is 17.8. The van der Waals surface area contributed by atoms with E-state index >= 15 is 0 Å². The molecular weight excluding hydrogens is 430 g/mol. The third-order valence-electron chi connectivity index (χ3n) is 6.24.